The van der Waals surface area contributed by atoms with Gasteiger partial charge in [0.05, 0.1) is 24.2 Å². The Morgan fingerprint density at radius 2 is 2.05 bits per heavy atom. The van der Waals surface area contributed by atoms with Crippen LogP contribution in [0.2, 0.25) is 0 Å². The highest BCUT2D eigenvalue weighted by molar-refractivity contribution is 5.94. The SMILES string of the molecule is OCc1cnc2ccc(-c3c[nH]c4ccccc34)nn12. The molecule has 98 valence electrons. The number of hydrogen-bond donors (Lipinski definition) is 2. The Morgan fingerprint density at radius 3 is 2.95 bits per heavy atom. The Balaban J connectivity index is 1.97. The Hall–Kier alpha value is -2.66. The van der Waals surface area contributed by atoms with E-state index in [1.807, 2.05) is 36.5 Å². The predicted octanol–water partition coefficient (Wildman–Crippen LogP) is 2.37. The summed E-state index contributed by atoms with van der Waals surface area (Å²) in [6.07, 6.45) is 3.59. The van der Waals surface area contributed by atoms with Crippen molar-refractivity contribution in [1.82, 2.24) is 19.6 Å². The Bertz CT molecular complexity index is 906. The molecular formula is C15H12N4O. The van der Waals surface area contributed by atoms with Crippen LogP contribution in [-0.2, 0) is 6.61 Å². The maximum Gasteiger partial charge on any atom is 0.153 e. The molecule has 0 unspecified atom stereocenters. The third kappa shape index (κ3) is 1.53. The maximum absolute atomic E-state index is 9.31. The molecule has 0 amide bonds. The Labute approximate surface area is 114 Å². The molecule has 4 aromatic rings. The van der Waals surface area contributed by atoms with Crippen LogP contribution < -0.4 is 0 Å². The summed E-state index contributed by atoms with van der Waals surface area (Å²) in [5.74, 6) is 0. The summed E-state index contributed by atoms with van der Waals surface area (Å²) in [6, 6.07) is 12.0. The van der Waals surface area contributed by atoms with E-state index in [4.69, 9.17) is 0 Å². The first-order chi connectivity index (χ1) is 9.86. The van der Waals surface area contributed by atoms with Crippen LogP contribution in [0.1, 0.15) is 5.69 Å². The van der Waals surface area contributed by atoms with Crippen molar-refractivity contribution in [3.05, 3.63) is 54.5 Å². The third-order valence-corrected chi connectivity index (χ3v) is 3.46. The number of nitrogens with one attached hydrogen (secondary N) is 1. The monoisotopic (exact) mass is 264 g/mol. The van der Waals surface area contributed by atoms with Gasteiger partial charge in [0.25, 0.3) is 0 Å². The minimum atomic E-state index is -0.0779. The van der Waals surface area contributed by atoms with Gasteiger partial charge in [0.1, 0.15) is 0 Å². The first-order valence-electron chi connectivity index (χ1n) is 6.38. The van der Waals surface area contributed by atoms with Gasteiger partial charge in [0, 0.05) is 22.7 Å². The van der Waals surface area contributed by atoms with E-state index < -0.39 is 0 Å². The zero-order valence-electron chi connectivity index (χ0n) is 10.6. The van der Waals surface area contributed by atoms with Crippen LogP contribution in [0, 0.1) is 0 Å². The number of rotatable bonds is 2. The zero-order valence-corrected chi connectivity index (χ0v) is 10.6. The van der Waals surface area contributed by atoms with Gasteiger partial charge in [-0.2, -0.15) is 5.10 Å². The number of imidazole rings is 1. The lowest BCUT2D eigenvalue weighted by atomic mass is 10.1. The lowest BCUT2D eigenvalue weighted by Crippen LogP contribution is -1.98. The molecule has 2 N–H and O–H groups in total. The fourth-order valence-corrected chi connectivity index (χ4v) is 2.46. The molecule has 0 saturated carbocycles. The molecule has 0 fully saturated rings. The Morgan fingerprint density at radius 1 is 1.15 bits per heavy atom. The van der Waals surface area contributed by atoms with E-state index >= 15 is 0 Å². The van der Waals surface area contributed by atoms with Crippen LogP contribution in [-0.4, -0.2) is 24.7 Å². The molecule has 5 nitrogen and oxygen atoms in total. The quantitative estimate of drug-likeness (QED) is 0.584. The predicted molar refractivity (Wildman–Crippen MR) is 76.2 cm³/mol. The van der Waals surface area contributed by atoms with E-state index in [1.54, 1.807) is 10.7 Å². The average Bonchev–Trinajstić information content (AvgIpc) is 3.10. The van der Waals surface area contributed by atoms with E-state index in [-0.39, 0.29) is 6.61 Å². The molecule has 0 atom stereocenters. The second-order valence-electron chi connectivity index (χ2n) is 4.64. The number of aliphatic hydroxyl groups excluding tert-OH is 1. The second kappa shape index (κ2) is 4.18. The molecule has 0 saturated heterocycles. The van der Waals surface area contributed by atoms with Gasteiger partial charge in [-0.25, -0.2) is 9.50 Å². The minimum absolute atomic E-state index is 0.0779. The molecule has 0 bridgehead atoms. The maximum atomic E-state index is 9.31. The van der Waals surface area contributed by atoms with Crippen molar-refractivity contribution in [3.8, 4) is 11.3 Å². The molecule has 4 rings (SSSR count). The fourth-order valence-electron chi connectivity index (χ4n) is 2.46. The van der Waals surface area contributed by atoms with Crippen molar-refractivity contribution in [1.29, 1.82) is 0 Å². The van der Waals surface area contributed by atoms with Crippen molar-refractivity contribution < 1.29 is 5.11 Å². The van der Waals surface area contributed by atoms with Gasteiger partial charge in [0.2, 0.25) is 0 Å². The summed E-state index contributed by atoms with van der Waals surface area (Å²) in [7, 11) is 0. The topological polar surface area (TPSA) is 66.2 Å². The number of H-pyrrole nitrogens is 1. The van der Waals surface area contributed by atoms with E-state index in [0.717, 1.165) is 27.8 Å². The largest absolute Gasteiger partial charge is 0.390 e. The summed E-state index contributed by atoms with van der Waals surface area (Å²) in [5.41, 5.74) is 4.39. The number of benzene rings is 1. The summed E-state index contributed by atoms with van der Waals surface area (Å²) < 4.78 is 1.68. The first-order valence-corrected chi connectivity index (χ1v) is 6.38. The standard InChI is InChI=1S/C15H12N4O/c20-9-10-7-17-15-6-5-14(18-19(10)15)12-8-16-13-4-2-1-3-11(12)13/h1-8,16,20H,9H2. The molecule has 5 heteroatoms. The molecule has 0 aliphatic heterocycles. The number of para-hydroxylation sites is 1. The third-order valence-electron chi connectivity index (χ3n) is 3.46. The van der Waals surface area contributed by atoms with Gasteiger partial charge in [-0.3, -0.25) is 0 Å². The van der Waals surface area contributed by atoms with Gasteiger partial charge < -0.3 is 10.1 Å². The van der Waals surface area contributed by atoms with Gasteiger partial charge in [-0.05, 0) is 18.2 Å². The molecule has 0 aliphatic carbocycles. The van der Waals surface area contributed by atoms with Gasteiger partial charge in [0.15, 0.2) is 5.65 Å². The fraction of sp³-hybridized carbons (Fsp3) is 0.0667. The van der Waals surface area contributed by atoms with E-state index in [1.165, 1.54) is 0 Å². The number of aromatic nitrogens is 4. The second-order valence-corrected chi connectivity index (χ2v) is 4.64. The van der Waals surface area contributed by atoms with Gasteiger partial charge in [-0.15, -0.1) is 0 Å². The van der Waals surface area contributed by atoms with Crippen LogP contribution in [0.4, 0.5) is 0 Å². The van der Waals surface area contributed by atoms with Gasteiger partial charge in [-0.1, -0.05) is 18.2 Å². The van der Waals surface area contributed by atoms with Crippen molar-refractivity contribution in [2.45, 2.75) is 6.61 Å². The summed E-state index contributed by atoms with van der Waals surface area (Å²) in [5, 5.41) is 15.0. The normalized spacial score (nSPS) is 11.4. The van der Waals surface area contributed by atoms with Crippen LogP contribution in [0.5, 0.6) is 0 Å². The highest BCUT2D eigenvalue weighted by Gasteiger charge is 2.09. The lowest BCUT2D eigenvalue weighted by molar-refractivity contribution is 0.274. The molecule has 3 aromatic heterocycles. The highest BCUT2D eigenvalue weighted by Crippen LogP contribution is 2.27. The smallest absolute Gasteiger partial charge is 0.153 e. The van der Waals surface area contributed by atoms with Crippen molar-refractivity contribution in [2.75, 3.05) is 0 Å². The van der Waals surface area contributed by atoms with Crippen LogP contribution in [0.15, 0.2) is 48.8 Å². The molecule has 20 heavy (non-hydrogen) atoms. The first kappa shape index (κ1) is 11.2. The van der Waals surface area contributed by atoms with E-state index in [2.05, 4.69) is 21.1 Å². The number of hydrogen-bond acceptors (Lipinski definition) is 3. The average molecular weight is 264 g/mol. The van der Waals surface area contributed by atoms with Gasteiger partial charge >= 0.3 is 0 Å². The molecule has 1 aromatic carbocycles. The number of aromatic amines is 1. The minimum Gasteiger partial charge on any atom is -0.390 e. The molecule has 3 heterocycles. The summed E-state index contributed by atoms with van der Waals surface area (Å²) in [6.45, 7) is -0.0779. The number of fused-ring (bicyclic) bond motifs is 2. The zero-order chi connectivity index (χ0) is 13.5. The number of aliphatic hydroxyl groups is 1. The van der Waals surface area contributed by atoms with Crippen LogP contribution in [0.25, 0.3) is 27.8 Å². The molecule has 0 spiro atoms. The lowest BCUT2D eigenvalue weighted by Gasteiger charge is -2.02. The molecular weight excluding hydrogens is 252 g/mol. The van der Waals surface area contributed by atoms with Crippen LogP contribution in [0.3, 0.4) is 0 Å². The van der Waals surface area contributed by atoms with Crippen molar-refractivity contribution in [3.63, 3.8) is 0 Å². The Kier molecular flexibility index (Phi) is 2.34. The summed E-state index contributed by atoms with van der Waals surface area (Å²) >= 11 is 0. The highest BCUT2D eigenvalue weighted by atomic mass is 16.3. The van der Waals surface area contributed by atoms with Crippen LogP contribution >= 0.6 is 0 Å². The van der Waals surface area contributed by atoms with E-state index in [9.17, 15) is 5.11 Å². The number of nitrogens with zero attached hydrogens (tertiary/aromatic N) is 3. The molecule has 0 aliphatic rings. The summed E-state index contributed by atoms with van der Waals surface area (Å²) in [4.78, 5) is 7.45. The molecule has 0 radical (unpaired) electrons. The van der Waals surface area contributed by atoms with E-state index in [0.29, 0.717) is 5.69 Å². The van der Waals surface area contributed by atoms with Crippen molar-refractivity contribution in [2.24, 2.45) is 0 Å². The van der Waals surface area contributed by atoms with Crippen molar-refractivity contribution >= 4 is 16.6 Å².